The number of imide groups is 1. The molecule has 0 bridgehead atoms. The lowest BCUT2D eigenvalue weighted by Gasteiger charge is -2.28. The van der Waals surface area contributed by atoms with Crippen molar-refractivity contribution in [2.75, 3.05) is 46.8 Å². The summed E-state index contributed by atoms with van der Waals surface area (Å²) in [5.74, 6) is -1.10. The number of methoxy groups -OCH3 is 1. The Kier molecular flexibility index (Phi) is 11.4. The molecule has 2 rings (SSSR count). The highest BCUT2D eigenvalue weighted by Gasteiger charge is 2.35. The van der Waals surface area contributed by atoms with Gasteiger partial charge < -0.3 is 23.7 Å². The van der Waals surface area contributed by atoms with Crippen LogP contribution in [0.15, 0.2) is 12.2 Å². The Morgan fingerprint density at radius 2 is 1.47 bits per heavy atom. The highest BCUT2D eigenvalue weighted by molar-refractivity contribution is 6.01. The van der Waals surface area contributed by atoms with Crippen molar-refractivity contribution in [1.29, 1.82) is 0 Å². The van der Waals surface area contributed by atoms with Gasteiger partial charge in [-0.05, 0) is 25.7 Å². The number of nitrogens with zero attached hydrogens (tertiary/aromatic N) is 1. The average molecular weight is 429 g/mol. The van der Waals surface area contributed by atoms with Gasteiger partial charge in [-0.1, -0.05) is 17.2 Å². The lowest BCUT2D eigenvalue weighted by Crippen LogP contribution is -2.38. The molecule has 0 N–H and O–H groups in total. The lowest BCUT2D eigenvalue weighted by molar-refractivity contribution is -0.181. The van der Waals surface area contributed by atoms with Crippen LogP contribution < -0.4 is 0 Å². The van der Waals surface area contributed by atoms with E-state index in [4.69, 9.17) is 28.5 Å². The smallest absolute Gasteiger partial charge is 0.427 e. The first-order chi connectivity index (χ1) is 14.6. The molecule has 2 atom stereocenters. The molecule has 1 fully saturated rings. The van der Waals surface area contributed by atoms with Crippen LogP contribution in [0, 0.1) is 0 Å². The van der Waals surface area contributed by atoms with E-state index in [9.17, 15) is 14.4 Å². The predicted molar refractivity (Wildman–Crippen MR) is 103 cm³/mol. The molecule has 170 valence electrons. The van der Waals surface area contributed by atoms with Crippen molar-refractivity contribution in [2.45, 2.75) is 50.7 Å². The van der Waals surface area contributed by atoms with E-state index in [0.717, 1.165) is 6.42 Å². The van der Waals surface area contributed by atoms with Crippen LogP contribution in [0.3, 0.4) is 0 Å². The highest BCUT2D eigenvalue weighted by atomic mass is 16.8. The molecule has 2 unspecified atom stereocenters. The second kappa shape index (κ2) is 14.1. The topological polar surface area (TPSA) is 110 Å². The van der Waals surface area contributed by atoms with E-state index in [1.54, 1.807) is 7.11 Å². The molecule has 10 nitrogen and oxygen atoms in total. The first kappa shape index (κ1) is 24.3. The van der Waals surface area contributed by atoms with Crippen LogP contribution in [0.5, 0.6) is 0 Å². The van der Waals surface area contributed by atoms with Crippen LogP contribution in [0.4, 0.5) is 4.79 Å². The van der Waals surface area contributed by atoms with Gasteiger partial charge in [0.05, 0.1) is 45.7 Å². The molecule has 1 heterocycles. The molecular weight excluding hydrogens is 398 g/mol. The van der Waals surface area contributed by atoms with Crippen molar-refractivity contribution in [3.8, 4) is 0 Å². The monoisotopic (exact) mass is 429 g/mol. The van der Waals surface area contributed by atoms with Crippen molar-refractivity contribution in [2.24, 2.45) is 0 Å². The van der Waals surface area contributed by atoms with Crippen LogP contribution in [-0.2, 0) is 38.1 Å². The standard InChI is InChI=1S/C20H31NO9/c1-25-10-11-26-12-13-27-14-15-28-16-6-4-2-3-5-7-17(16)29-20(24)30-21-18(22)8-9-19(21)23/h2-3,16-17H,4-15H2,1H3/b3-2+. The maximum absolute atomic E-state index is 12.1. The average Bonchev–Trinajstić information content (AvgIpc) is 3.02. The maximum Gasteiger partial charge on any atom is 0.534 e. The first-order valence-electron chi connectivity index (χ1n) is 10.3. The Balaban J connectivity index is 1.72. The molecule has 2 amide bonds. The van der Waals surface area contributed by atoms with Gasteiger partial charge in [0.2, 0.25) is 0 Å². The van der Waals surface area contributed by atoms with E-state index in [2.05, 4.69) is 6.08 Å². The number of hydroxylamine groups is 2. The van der Waals surface area contributed by atoms with E-state index in [-0.39, 0.29) is 18.9 Å². The fourth-order valence-electron chi connectivity index (χ4n) is 3.05. The number of allylic oxidation sites excluding steroid dienone is 2. The second-order valence-electron chi connectivity index (χ2n) is 6.83. The Bertz CT molecular complexity index is 565. The number of hydrogen-bond acceptors (Lipinski definition) is 9. The summed E-state index contributed by atoms with van der Waals surface area (Å²) in [7, 11) is 1.62. The summed E-state index contributed by atoms with van der Waals surface area (Å²) in [5, 5.41) is 0.476. The molecule has 0 spiro atoms. The summed E-state index contributed by atoms with van der Waals surface area (Å²) in [6, 6.07) is 0. The van der Waals surface area contributed by atoms with Gasteiger partial charge in [0, 0.05) is 20.0 Å². The third kappa shape index (κ3) is 8.78. The molecule has 0 aromatic rings. The van der Waals surface area contributed by atoms with Gasteiger partial charge in [0.25, 0.3) is 11.8 Å². The van der Waals surface area contributed by atoms with Gasteiger partial charge in [0.15, 0.2) is 0 Å². The molecule has 0 radical (unpaired) electrons. The molecule has 0 aromatic carbocycles. The molecule has 1 saturated heterocycles. The van der Waals surface area contributed by atoms with Crippen molar-refractivity contribution in [3.63, 3.8) is 0 Å². The van der Waals surface area contributed by atoms with Gasteiger partial charge in [0.1, 0.15) is 6.10 Å². The summed E-state index contributed by atoms with van der Waals surface area (Å²) in [5.41, 5.74) is 0. The van der Waals surface area contributed by atoms with E-state index < -0.39 is 24.1 Å². The Morgan fingerprint density at radius 1 is 0.900 bits per heavy atom. The van der Waals surface area contributed by atoms with Crippen LogP contribution >= 0.6 is 0 Å². The van der Waals surface area contributed by atoms with Gasteiger partial charge in [-0.2, -0.15) is 0 Å². The van der Waals surface area contributed by atoms with E-state index >= 15 is 0 Å². The van der Waals surface area contributed by atoms with Crippen molar-refractivity contribution in [1.82, 2.24) is 5.06 Å². The normalized spacial score (nSPS) is 23.2. The molecule has 0 aromatic heterocycles. The Hall–Kier alpha value is -2.01. The minimum atomic E-state index is -1.08. The lowest BCUT2D eigenvalue weighted by atomic mass is 10.00. The zero-order chi connectivity index (χ0) is 21.6. The third-order valence-electron chi connectivity index (χ3n) is 4.60. The van der Waals surface area contributed by atoms with Crippen molar-refractivity contribution in [3.05, 3.63) is 12.2 Å². The first-order valence-corrected chi connectivity index (χ1v) is 10.3. The van der Waals surface area contributed by atoms with Crippen molar-refractivity contribution >= 4 is 18.0 Å². The summed E-state index contributed by atoms with van der Waals surface area (Å²) in [4.78, 5) is 40.1. The van der Waals surface area contributed by atoms with Crippen LogP contribution in [0.2, 0.25) is 0 Å². The number of carbonyl (C=O) groups is 3. The molecule has 1 aliphatic heterocycles. The van der Waals surface area contributed by atoms with E-state index in [0.29, 0.717) is 64.0 Å². The molecule has 0 saturated carbocycles. The van der Waals surface area contributed by atoms with Crippen LogP contribution in [0.25, 0.3) is 0 Å². The fraction of sp³-hybridized carbons (Fsp3) is 0.750. The van der Waals surface area contributed by atoms with Crippen LogP contribution in [0.1, 0.15) is 38.5 Å². The number of rotatable bonds is 12. The number of ether oxygens (including phenoxy) is 5. The minimum Gasteiger partial charge on any atom is -0.427 e. The molecule has 2 aliphatic rings. The summed E-state index contributed by atoms with van der Waals surface area (Å²) >= 11 is 0. The second-order valence-corrected chi connectivity index (χ2v) is 6.83. The molecule has 1 aliphatic carbocycles. The van der Waals surface area contributed by atoms with Crippen LogP contribution in [-0.4, -0.2) is 82.0 Å². The molecule has 30 heavy (non-hydrogen) atoms. The summed E-state index contributed by atoms with van der Waals surface area (Å²) in [6.45, 7) is 2.71. The van der Waals surface area contributed by atoms with Gasteiger partial charge in [-0.15, -0.1) is 0 Å². The highest BCUT2D eigenvalue weighted by Crippen LogP contribution is 2.21. The largest absolute Gasteiger partial charge is 0.534 e. The van der Waals surface area contributed by atoms with Gasteiger partial charge >= 0.3 is 6.16 Å². The summed E-state index contributed by atoms with van der Waals surface area (Å²) in [6.07, 6.45) is 4.91. The number of carbonyl (C=O) groups excluding carboxylic acids is 3. The third-order valence-corrected chi connectivity index (χ3v) is 4.60. The van der Waals surface area contributed by atoms with Crippen molar-refractivity contribution < 1.29 is 42.9 Å². The maximum atomic E-state index is 12.1. The zero-order valence-electron chi connectivity index (χ0n) is 17.4. The van der Waals surface area contributed by atoms with Gasteiger partial charge in [-0.3, -0.25) is 14.4 Å². The molecular formula is C20H31NO9. The number of hydrogen-bond donors (Lipinski definition) is 0. The SMILES string of the molecule is COCCOCCOCCOC1CC/C=C/CCC1OC(=O)ON1C(=O)CCC1=O. The Morgan fingerprint density at radius 3 is 2.10 bits per heavy atom. The van der Waals surface area contributed by atoms with E-state index in [1.165, 1.54) is 0 Å². The number of amides is 2. The summed E-state index contributed by atoms with van der Waals surface area (Å²) < 4.78 is 26.9. The fourth-order valence-corrected chi connectivity index (χ4v) is 3.05. The van der Waals surface area contributed by atoms with E-state index in [1.807, 2.05) is 6.08 Å². The molecule has 10 heteroatoms. The predicted octanol–water partition coefficient (Wildman–Crippen LogP) is 1.77. The van der Waals surface area contributed by atoms with Gasteiger partial charge in [-0.25, -0.2) is 4.79 Å². The zero-order valence-corrected chi connectivity index (χ0v) is 17.4. The quantitative estimate of drug-likeness (QED) is 0.198. The minimum absolute atomic E-state index is 0.0312. The Labute approximate surface area is 176 Å².